The predicted molar refractivity (Wildman–Crippen MR) is 89.0 cm³/mol. The summed E-state index contributed by atoms with van der Waals surface area (Å²) < 4.78 is 0. The first-order valence-electron chi connectivity index (χ1n) is 8.01. The largest absolute Gasteiger partial charge is 0.480 e. The Kier molecular flexibility index (Phi) is 9.69. The number of carboxylic acids is 1. The minimum atomic E-state index is -1.31. The fourth-order valence-electron chi connectivity index (χ4n) is 2.01. The Balaban J connectivity index is 5.05. The van der Waals surface area contributed by atoms with Crippen LogP contribution in [0.5, 0.6) is 0 Å². The first-order chi connectivity index (χ1) is 11.5. The fourth-order valence-corrected chi connectivity index (χ4v) is 2.01. The third-order valence-corrected chi connectivity index (χ3v) is 3.46. The number of hydrogen-bond acceptors (Lipinski definition) is 6. The molecule has 0 unspecified atom stereocenters. The molecule has 144 valence electrons. The number of carbonyl (C=O) groups excluding carboxylic acids is 3. The highest BCUT2D eigenvalue weighted by atomic mass is 16.4. The zero-order valence-corrected chi connectivity index (χ0v) is 14.7. The molecule has 0 aliphatic heterocycles. The molecule has 0 bridgehead atoms. The van der Waals surface area contributed by atoms with Crippen molar-refractivity contribution in [3.63, 3.8) is 0 Å². The van der Waals surface area contributed by atoms with Crippen LogP contribution >= 0.6 is 0 Å². The second-order valence-electron chi connectivity index (χ2n) is 6.36. The van der Waals surface area contributed by atoms with Crippen molar-refractivity contribution in [3.8, 4) is 0 Å². The van der Waals surface area contributed by atoms with Gasteiger partial charge in [-0.05, 0) is 25.7 Å². The van der Waals surface area contributed by atoms with Crippen LogP contribution in [0, 0.1) is 5.92 Å². The summed E-state index contributed by atoms with van der Waals surface area (Å²) in [5, 5.41) is 23.2. The van der Waals surface area contributed by atoms with E-state index in [0.29, 0.717) is 0 Å². The maximum atomic E-state index is 12.4. The predicted octanol–water partition coefficient (Wildman–Crippen LogP) is -1.94. The molecule has 25 heavy (non-hydrogen) atoms. The zero-order chi connectivity index (χ0) is 19.7. The van der Waals surface area contributed by atoms with Crippen molar-refractivity contribution in [1.82, 2.24) is 10.6 Å². The number of hydrogen-bond donors (Lipinski definition) is 6. The molecule has 0 heterocycles. The van der Waals surface area contributed by atoms with Gasteiger partial charge < -0.3 is 32.3 Å². The average molecular weight is 360 g/mol. The molecule has 0 aromatic heterocycles. The van der Waals surface area contributed by atoms with Crippen molar-refractivity contribution in [2.45, 2.75) is 64.3 Å². The Morgan fingerprint density at radius 2 is 1.52 bits per heavy atom. The number of aliphatic carboxylic acids is 1. The lowest BCUT2D eigenvalue weighted by Gasteiger charge is -2.24. The smallest absolute Gasteiger partial charge is 0.326 e. The van der Waals surface area contributed by atoms with Gasteiger partial charge in [0.2, 0.25) is 17.7 Å². The third-order valence-electron chi connectivity index (χ3n) is 3.46. The van der Waals surface area contributed by atoms with Crippen LogP contribution in [0.15, 0.2) is 0 Å². The van der Waals surface area contributed by atoms with Crippen molar-refractivity contribution >= 4 is 23.7 Å². The number of primary amides is 1. The van der Waals surface area contributed by atoms with Crippen LogP contribution in [0.2, 0.25) is 0 Å². The van der Waals surface area contributed by atoms with Crippen LogP contribution < -0.4 is 22.1 Å². The number of rotatable bonds is 11. The van der Waals surface area contributed by atoms with Gasteiger partial charge >= 0.3 is 5.97 Å². The Hall–Kier alpha value is -2.20. The Morgan fingerprint density at radius 1 is 1.00 bits per heavy atom. The van der Waals surface area contributed by atoms with Gasteiger partial charge in [0, 0.05) is 6.42 Å². The van der Waals surface area contributed by atoms with Gasteiger partial charge in [-0.1, -0.05) is 13.8 Å². The molecule has 3 amide bonds. The van der Waals surface area contributed by atoms with Crippen LogP contribution in [0.25, 0.3) is 0 Å². The lowest BCUT2D eigenvalue weighted by atomic mass is 10.0. The van der Waals surface area contributed by atoms with E-state index >= 15 is 0 Å². The van der Waals surface area contributed by atoms with E-state index in [1.54, 1.807) is 0 Å². The molecule has 4 atom stereocenters. The summed E-state index contributed by atoms with van der Waals surface area (Å²) in [5.74, 6) is -3.41. The Morgan fingerprint density at radius 3 is 1.92 bits per heavy atom. The highest BCUT2D eigenvalue weighted by Crippen LogP contribution is 2.07. The third kappa shape index (κ3) is 9.01. The second-order valence-corrected chi connectivity index (χ2v) is 6.36. The summed E-state index contributed by atoms with van der Waals surface area (Å²) in [4.78, 5) is 46.3. The van der Waals surface area contributed by atoms with Gasteiger partial charge in [0.25, 0.3) is 0 Å². The molecular formula is C15H28N4O6. The van der Waals surface area contributed by atoms with E-state index in [0.717, 1.165) is 0 Å². The molecule has 0 saturated heterocycles. The summed E-state index contributed by atoms with van der Waals surface area (Å²) >= 11 is 0. The minimum Gasteiger partial charge on any atom is -0.480 e. The zero-order valence-electron chi connectivity index (χ0n) is 14.7. The molecule has 0 aliphatic carbocycles. The number of aliphatic hydroxyl groups excluding tert-OH is 1. The van der Waals surface area contributed by atoms with E-state index in [1.165, 1.54) is 6.92 Å². The van der Waals surface area contributed by atoms with Gasteiger partial charge in [0.1, 0.15) is 18.1 Å². The number of carboxylic acid groups (broad SMARTS) is 1. The van der Waals surface area contributed by atoms with Crippen molar-refractivity contribution < 1.29 is 29.4 Å². The van der Waals surface area contributed by atoms with E-state index in [1.807, 2.05) is 13.8 Å². The van der Waals surface area contributed by atoms with Gasteiger partial charge in [-0.2, -0.15) is 0 Å². The van der Waals surface area contributed by atoms with Crippen molar-refractivity contribution in [1.29, 1.82) is 0 Å². The number of nitrogens with one attached hydrogen (secondary N) is 2. The van der Waals surface area contributed by atoms with Crippen LogP contribution in [0.3, 0.4) is 0 Å². The lowest BCUT2D eigenvalue weighted by Crippen LogP contribution is -2.56. The molecule has 0 fully saturated rings. The summed E-state index contributed by atoms with van der Waals surface area (Å²) in [6, 6.07) is -3.54. The van der Waals surface area contributed by atoms with Crippen LogP contribution in [0.1, 0.15) is 40.0 Å². The van der Waals surface area contributed by atoms with Crippen LogP contribution in [0.4, 0.5) is 0 Å². The maximum Gasteiger partial charge on any atom is 0.326 e. The SMILES string of the molecule is CC(C)C[C@H](NC(=O)[C@@H](N)[C@@H](C)O)C(=O)N[C@@H](CCC(N)=O)C(=O)O. The van der Waals surface area contributed by atoms with E-state index in [-0.39, 0.29) is 25.2 Å². The summed E-state index contributed by atoms with van der Waals surface area (Å²) in [7, 11) is 0. The monoisotopic (exact) mass is 360 g/mol. The maximum absolute atomic E-state index is 12.4. The molecule has 8 N–H and O–H groups in total. The molecule has 0 radical (unpaired) electrons. The van der Waals surface area contributed by atoms with Crippen molar-refractivity contribution in [2.24, 2.45) is 17.4 Å². The number of carbonyl (C=O) groups is 4. The topological polar surface area (TPSA) is 185 Å². The quantitative estimate of drug-likeness (QED) is 0.247. The van der Waals surface area contributed by atoms with Crippen LogP contribution in [-0.4, -0.2) is 58.1 Å². The van der Waals surface area contributed by atoms with E-state index < -0.39 is 47.9 Å². The van der Waals surface area contributed by atoms with Crippen LogP contribution in [-0.2, 0) is 19.2 Å². The van der Waals surface area contributed by atoms with Gasteiger partial charge in [-0.3, -0.25) is 14.4 Å². The summed E-state index contributed by atoms with van der Waals surface area (Å²) in [5.41, 5.74) is 10.5. The summed E-state index contributed by atoms with van der Waals surface area (Å²) in [6.07, 6.45) is -1.23. The standard InChI is InChI=1S/C15H28N4O6/c1-7(2)6-10(19-14(23)12(17)8(3)20)13(22)18-9(15(24)25)4-5-11(16)21/h7-10,12,20H,4-6,17H2,1-3H3,(H2,16,21)(H,18,22)(H,19,23)(H,24,25)/t8-,9+,10+,12+/m1/s1. The number of aliphatic hydroxyl groups is 1. The van der Waals surface area contributed by atoms with Crippen molar-refractivity contribution in [3.05, 3.63) is 0 Å². The fraction of sp³-hybridized carbons (Fsp3) is 0.733. The molecule has 0 rings (SSSR count). The highest BCUT2D eigenvalue weighted by Gasteiger charge is 2.29. The van der Waals surface area contributed by atoms with Crippen molar-refractivity contribution in [2.75, 3.05) is 0 Å². The van der Waals surface area contributed by atoms with E-state index in [9.17, 15) is 24.3 Å². The molecular weight excluding hydrogens is 332 g/mol. The first-order valence-corrected chi connectivity index (χ1v) is 8.01. The molecule has 0 saturated carbocycles. The average Bonchev–Trinajstić information content (AvgIpc) is 2.48. The Labute approximate surface area is 146 Å². The first kappa shape index (κ1) is 22.8. The number of amides is 3. The molecule has 10 heteroatoms. The molecule has 0 aromatic carbocycles. The van der Waals surface area contributed by atoms with Gasteiger partial charge in [0.05, 0.1) is 6.10 Å². The Bertz CT molecular complexity index is 494. The normalized spacial score (nSPS) is 15.8. The molecule has 0 aliphatic rings. The van der Waals surface area contributed by atoms with Gasteiger partial charge in [-0.15, -0.1) is 0 Å². The number of nitrogens with two attached hydrogens (primary N) is 2. The van der Waals surface area contributed by atoms with Gasteiger partial charge in [-0.25, -0.2) is 4.79 Å². The molecule has 10 nitrogen and oxygen atoms in total. The molecule has 0 aromatic rings. The van der Waals surface area contributed by atoms with Gasteiger partial charge in [0.15, 0.2) is 0 Å². The summed E-state index contributed by atoms with van der Waals surface area (Å²) in [6.45, 7) is 4.98. The highest BCUT2D eigenvalue weighted by molar-refractivity contribution is 5.92. The van der Waals surface area contributed by atoms with E-state index in [4.69, 9.17) is 16.6 Å². The second kappa shape index (κ2) is 10.6. The molecule has 0 spiro atoms. The minimum absolute atomic E-state index is 0.0210. The lowest BCUT2D eigenvalue weighted by molar-refractivity contribution is -0.142. The van der Waals surface area contributed by atoms with E-state index in [2.05, 4.69) is 10.6 Å².